The van der Waals surface area contributed by atoms with Gasteiger partial charge in [0.05, 0.1) is 11.9 Å². The summed E-state index contributed by atoms with van der Waals surface area (Å²) in [6.45, 7) is 1.61. The molecule has 3 rings (SSSR count). The minimum Gasteiger partial charge on any atom is -0.355 e. The largest absolute Gasteiger partial charge is 0.355 e. The molecule has 38 heavy (non-hydrogen) atoms. The van der Waals surface area contributed by atoms with Gasteiger partial charge in [-0.15, -0.1) is 0 Å². The number of nitrogens with one attached hydrogen (secondary N) is 1. The topological polar surface area (TPSA) is 86.8 Å². The molecule has 0 aliphatic rings. The zero-order chi connectivity index (χ0) is 27.9. The van der Waals surface area contributed by atoms with E-state index < -0.39 is 28.5 Å². The van der Waals surface area contributed by atoms with Crippen LogP contribution in [0.5, 0.6) is 0 Å². The Labute approximate surface area is 238 Å². The maximum absolute atomic E-state index is 13.9. The van der Waals surface area contributed by atoms with E-state index in [1.165, 1.54) is 23.1 Å². The number of hydrogen-bond donors (Lipinski definition) is 1. The Morgan fingerprint density at radius 2 is 1.50 bits per heavy atom. The van der Waals surface area contributed by atoms with Gasteiger partial charge in [0.2, 0.25) is 21.8 Å². The molecule has 3 aromatic rings. The average Bonchev–Trinajstić information content (AvgIpc) is 2.84. The van der Waals surface area contributed by atoms with Gasteiger partial charge in [0.1, 0.15) is 12.6 Å². The number of carbonyl (C=O) groups is 2. The van der Waals surface area contributed by atoms with Crippen molar-refractivity contribution in [3.63, 3.8) is 0 Å². The predicted molar refractivity (Wildman–Crippen MR) is 153 cm³/mol. The van der Waals surface area contributed by atoms with Gasteiger partial charge in [-0.3, -0.25) is 13.9 Å². The summed E-state index contributed by atoms with van der Waals surface area (Å²) < 4.78 is 26.5. The van der Waals surface area contributed by atoms with E-state index in [0.717, 1.165) is 16.1 Å². The van der Waals surface area contributed by atoms with E-state index in [4.69, 9.17) is 34.8 Å². The maximum atomic E-state index is 13.9. The molecular weight excluding hydrogens is 569 g/mol. The van der Waals surface area contributed by atoms with Gasteiger partial charge >= 0.3 is 0 Å². The number of likely N-dealkylation sites (N-methyl/N-ethyl adjacent to an activating group) is 1. The summed E-state index contributed by atoms with van der Waals surface area (Å²) in [4.78, 5) is 28.6. The quantitative estimate of drug-likeness (QED) is 0.330. The third-order valence-electron chi connectivity index (χ3n) is 5.68. The van der Waals surface area contributed by atoms with E-state index in [0.29, 0.717) is 17.1 Å². The lowest BCUT2D eigenvalue weighted by molar-refractivity contribution is -0.140. The van der Waals surface area contributed by atoms with Crippen LogP contribution in [0.15, 0.2) is 72.8 Å². The number of carbonyl (C=O) groups excluding carboxylic acids is 2. The van der Waals surface area contributed by atoms with Gasteiger partial charge in [0.15, 0.2) is 0 Å². The lowest BCUT2D eigenvalue weighted by Crippen LogP contribution is -2.53. The van der Waals surface area contributed by atoms with E-state index in [9.17, 15) is 18.0 Å². The van der Waals surface area contributed by atoms with Crippen molar-refractivity contribution in [2.45, 2.75) is 25.9 Å². The van der Waals surface area contributed by atoms with Crippen LogP contribution in [0.1, 0.15) is 18.1 Å². The van der Waals surface area contributed by atoms with Gasteiger partial charge in [-0.25, -0.2) is 8.42 Å². The molecule has 11 heteroatoms. The molecule has 1 N–H and O–H groups in total. The van der Waals surface area contributed by atoms with Crippen molar-refractivity contribution in [3.8, 4) is 0 Å². The highest BCUT2D eigenvalue weighted by Crippen LogP contribution is 2.27. The smallest absolute Gasteiger partial charge is 0.244 e. The van der Waals surface area contributed by atoms with Gasteiger partial charge in [-0.05, 0) is 48.4 Å². The first-order valence-corrected chi connectivity index (χ1v) is 14.8. The Balaban J connectivity index is 2.06. The molecule has 0 fully saturated rings. The van der Waals surface area contributed by atoms with Gasteiger partial charge in [0, 0.05) is 34.6 Å². The predicted octanol–water partition coefficient (Wildman–Crippen LogP) is 5.19. The van der Waals surface area contributed by atoms with Crippen LogP contribution in [-0.2, 0) is 32.6 Å². The fourth-order valence-electron chi connectivity index (χ4n) is 3.97. The molecule has 0 heterocycles. The van der Waals surface area contributed by atoms with Crippen LogP contribution < -0.4 is 9.62 Å². The third kappa shape index (κ3) is 8.36. The first-order valence-electron chi connectivity index (χ1n) is 11.8. The van der Waals surface area contributed by atoms with Gasteiger partial charge in [0.25, 0.3) is 0 Å². The van der Waals surface area contributed by atoms with Crippen LogP contribution >= 0.6 is 34.8 Å². The highest BCUT2D eigenvalue weighted by Gasteiger charge is 2.33. The summed E-state index contributed by atoms with van der Waals surface area (Å²) in [6, 6.07) is 19.6. The number of amides is 2. The molecule has 1 unspecified atom stereocenters. The number of anilines is 1. The summed E-state index contributed by atoms with van der Waals surface area (Å²) >= 11 is 18.4. The van der Waals surface area contributed by atoms with Crippen LogP contribution in [0.25, 0.3) is 0 Å². The molecule has 0 aliphatic heterocycles. The minimum atomic E-state index is -3.93. The normalized spacial score (nSPS) is 12.0. The summed E-state index contributed by atoms with van der Waals surface area (Å²) in [5.74, 6) is -0.942. The number of rotatable bonds is 11. The molecule has 0 bridgehead atoms. The van der Waals surface area contributed by atoms with E-state index >= 15 is 0 Å². The summed E-state index contributed by atoms with van der Waals surface area (Å²) in [5, 5.41) is 3.71. The number of halogens is 3. The lowest BCUT2D eigenvalue weighted by Gasteiger charge is -2.33. The monoisotopic (exact) mass is 595 g/mol. The molecular formula is C27H28Cl3N3O4S. The van der Waals surface area contributed by atoms with Crippen LogP contribution in [-0.4, -0.2) is 50.5 Å². The highest BCUT2D eigenvalue weighted by atomic mass is 35.5. The Morgan fingerprint density at radius 3 is 2.08 bits per heavy atom. The summed E-state index contributed by atoms with van der Waals surface area (Å²) in [7, 11) is -3.93. The molecule has 0 radical (unpaired) electrons. The fraction of sp³-hybridized carbons (Fsp3) is 0.259. The van der Waals surface area contributed by atoms with Gasteiger partial charge in [-0.2, -0.15) is 0 Å². The van der Waals surface area contributed by atoms with Crippen molar-refractivity contribution in [2.75, 3.05) is 23.7 Å². The number of sulfonamides is 1. The maximum Gasteiger partial charge on any atom is 0.244 e. The lowest BCUT2D eigenvalue weighted by atomic mass is 10.0. The molecule has 0 aliphatic carbocycles. The number of benzene rings is 3. The van der Waals surface area contributed by atoms with Crippen LogP contribution in [0, 0.1) is 0 Å². The van der Waals surface area contributed by atoms with E-state index in [-0.39, 0.29) is 34.6 Å². The molecule has 7 nitrogen and oxygen atoms in total. The molecule has 1 atom stereocenters. The van der Waals surface area contributed by atoms with Crippen molar-refractivity contribution >= 4 is 62.3 Å². The second kappa shape index (κ2) is 13.3. The van der Waals surface area contributed by atoms with E-state index in [1.807, 2.05) is 30.3 Å². The Bertz CT molecular complexity index is 1370. The minimum absolute atomic E-state index is 0.0297. The van der Waals surface area contributed by atoms with E-state index in [1.54, 1.807) is 31.2 Å². The van der Waals surface area contributed by atoms with E-state index in [2.05, 4.69) is 5.32 Å². The Hall–Kier alpha value is -2.78. The summed E-state index contributed by atoms with van der Waals surface area (Å²) in [6.07, 6.45) is 1.21. The molecule has 0 saturated carbocycles. The number of hydrogen-bond acceptors (Lipinski definition) is 4. The fourth-order valence-corrected chi connectivity index (χ4v) is 5.54. The highest BCUT2D eigenvalue weighted by molar-refractivity contribution is 7.92. The van der Waals surface area contributed by atoms with Gasteiger partial charge < -0.3 is 10.2 Å². The molecule has 0 aromatic heterocycles. The van der Waals surface area contributed by atoms with Crippen LogP contribution in [0.4, 0.5) is 5.69 Å². The van der Waals surface area contributed by atoms with Crippen molar-refractivity contribution in [1.29, 1.82) is 0 Å². The van der Waals surface area contributed by atoms with Crippen molar-refractivity contribution in [1.82, 2.24) is 10.2 Å². The van der Waals surface area contributed by atoms with Crippen molar-refractivity contribution < 1.29 is 18.0 Å². The SMILES string of the molecule is CCNC(=O)C(Cc1ccccc1)N(Cc1cccc(Cl)c1)C(=O)CN(c1cc(Cl)cc(Cl)c1)S(C)(=O)=O. The average molecular weight is 597 g/mol. The third-order valence-corrected chi connectivity index (χ3v) is 7.49. The zero-order valence-electron chi connectivity index (χ0n) is 20.9. The first-order chi connectivity index (χ1) is 18.0. The van der Waals surface area contributed by atoms with Crippen molar-refractivity contribution in [2.24, 2.45) is 0 Å². The second-order valence-electron chi connectivity index (χ2n) is 8.65. The Kier molecular flexibility index (Phi) is 10.4. The molecule has 202 valence electrons. The van der Waals surface area contributed by atoms with Crippen LogP contribution in [0.2, 0.25) is 15.1 Å². The molecule has 0 saturated heterocycles. The molecule has 3 aromatic carbocycles. The second-order valence-corrected chi connectivity index (χ2v) is 11.9. The molecule has 2 amide bonds. The first kappa shape index (κ1) is 29.8. The van der Waals surface area contributed by atoms with Crippen LogP contribution in [0.3, 0.4) is 0 Å². The standard InChI is InChI=1S/C27H28Cl3N3O4S/c1-3-31-27(35)25(13-19-8-5-4-6-9-19)32(17-20-10-7-11-21(28)12-20)26(34)18-33(38(2,36)37)24-15-22(29)14-23(30)16-24/h4-12,14-16,25H,3,13,17-18H2,1-2H3,(H,31,35). The van der Waals surface area contributed by atoms with Crippen molar-refractivity contribution in [3.05, 3.63) is 99.0 Å². The molecule has 0 spiro atoms. The zero-order valence-corrected chi connectivity index (χ0v) is 24.0. The summed E-state index contributed by atoms with van der Waals surface area (Å²) in [5.41, 5.74) is 1.66. The Morgan fingerprint density at radius 1 is 0.868 bits per heavy atom. The van der Waals surface area contributed by atoms with Gasteiger partial charge in [-0.1, -0.05) is 77.3 Å². The number of nitrogens with zero attached hydrogens (tertiary/aromatic N) is 2.